The van der Waals surface area contributed by atoms with Gasteiger partial charge in [0, 0.05) is 0 Å². The minimum Gasteiger partial charge on any atom is -0.0622 e. The van der Waals surface area contributed by atoms with Gasteiger partial charge in [0.1, 0.15) is 0 Å². The van der Waals surface area contributed by atoms with E-state index < -0.39 is 0 Å². The average Bonchev–Trinajstić information content (AvgIpc) is 2.42. The summed E-state index contributed by atoms with van der Waals surface area (Å²) in [7, 11) is 0. The predicted molar refractivity (Wildman–Crippen MR) is 89.4 cm³/mol. The van der Waals surface area contributed by atoms with Gasteiger partial charge in [-0.1, -0.05) is 33.8 Å². The maximum atomic E-state index is 2.48. The molecular weight excluding hydrogens is 240 g/mol. The first-order valence-electron chi connectivity index (χ1n) is 8.33. The molecule has 5 atom stereocenters. The van der Waals surface area contributed by atoms with Crippen molar-refractivity contribution in [1.29, 1.82) is 0 Å². The normalized spacial score (nSPS) is 34.3. The van der Waals surface area contributed by atoms with E-state index in [1.165, 1.54) is 23.1 Å². The van der Waals surface area contributed by atoms with E-state index in [9.17, 15) is 0 Å². The van der Waals surface area contributed by atoms with Crippen molar-refractivity contribution in [3.8, 4) is 0 Å². The highest BCUT2D eigenvalue weighted by atomic mass is 14.4. The summed E-state index contributed by atoms with van der Waals surface area (Å²) in [5.41, 5.74) is 7.62. The third-order valence-corrected chi connectivity index (χ3v) is 6.74. The summed E-state index contributed by atoms with van der Waals surface area (Å²) in [6.45, 7) is 19.0. The molecule has 0 bridgehead atoms. The summed E-state index contributed by atoms with van der Waals surface area (Å²) in [6, 6.07) is 2.48. The minimum absolute atomic E-state index is 0.745. The van der Waals surface area contributed by atoms with Gasteiger partial charge >= 0.3 is 0 Å². The molecule has 1 aromatic rings. The van der Waals surface area contributed by atoms with E-state index in [4.69, 9.17) is 0 Å². The maximum Gasteiger partial charge on any atom is -0.0128 e. The van der Waals surface area contributed by atoms with Gasteiger partial charge in [0.2, 0.25) is 0 Å². The standard InChI is InChI=1S/C20H32/c1-11-9-19(17(7)15(5)13(11)3)20-10-12(2)14(4)16(6)18(20)8/h9,12,14,16,18,20H,10H2,1-8H3. The first kappa shape index (κ1) is 15.6. The summed E-state index contributed by atoms with van der Waals surface area (Å²) in [5.74, 6) is 4.06. The van der Waals surface area contributed by atoms with Crippen LogP contribution in [0.1, 0.15) is 67.9 Å². The van der Waals surface area contributed by atoms with Gasteiger partial charge in [-0.2, -0.15) is 0 Å². The van der Waals surface area contributed by atoms with Crippen molar-refractivity contribution in [3.05, 3.63) is 33.9 Å². The lowest BCUT2D eigenvalue weighted by Crippen LogP contribution is -2.34. The Balaban J connectivity index is 2.46. The van der Waals surface area contributed by atoms with Gasteiger partial charge in [0.05, 0.1) is 0 Å². The van der Waals surface area contributed by atoms with Crippen LogP contribution >= 0.6 is 0 Å². The molecule has 0 heterocycles. The minimum atomic E-state index is 0.745. The smallest absolute Gasteiger partial charge is 0.0128 e. The molecule has 20 heavy (non-hydrogen) atoms. The Morgan fingerprint density at radius 2 is 1.35 bits per heavy atom. The highest BCUT2D eigenvalue weighted by Crippen LogP contribution is 2.47. The first-order chi connectivity index (χ1) is 9.25. The van der Waals surface area contributed by atoms with Crippen molar-refractivity contribution in [2.75, 3.05) is 0 Å². The first-order valence-corrected chi connectivity index (χ1v) is 8.33. The summed E-state index contributed by atoms with van der Waals surface area (Å²) >= 11 is 0. The van der Waals surface area contributed by atoms with Gasteiger partial charge in [-0.25, -0.2) is 0 Å². The Morgan fingerprint density at radius 3 is 1.95 bits per heavy atom. The van der Waals surface area contributed by atoms with Gasteiger partial charge in [-0.3, -0.25) is 0 Å². The molecule has 0 N–H and O–H groups in total. The van der Waals surface area contributed by atoms with Crippen molar-refractivity contribution in [3.63, 3.8) is 0 Å². The fraction of sp³-hybridized carbons (Fsp3) is 0.700. The zero-order chi connectivity index (χ0) is 15.2. The molecule has 0 radical (unpaired) electrons. The van der Waals surface area contributed by atoms with E-state index in [1.807, 2.05) is 0 Å². The predicted octanol–water partition coefficient (Wildman–Crippen LogP) is 5.95. The SMILES string of the molecule is Cc1cc(C2CC(C)C(C)C(C)C2C)c(C)c(C)c1C. The van der Waals surface area contributed by atoms with E-state index in [2.05, 4.69) is 61.5 Å². The summed E-state index contributed by atoms with van der Waals surface area (Å²) in [6.07, 6.45) is 1.36. The zero-order valence-corrected chi connectivity index (χ0v) is 14.7. The van der Waals surface area contributed by atoms with Crippen molar-refractivity contribution < 1.29 is 0 Å². The second-order valence-corrected chi connectivity index (χ2v) is 7.55. The molecule has 1 aliphatic rings. The number of aryl methyl sites for hydroxylation is 1. The molecule has 112 valence electrons. The van der Waals surface area contributed by atoms with Crippen molar-refractivity contribution in [1.82, 2.24) is 0 Å². The number of rotatable bonds is 1. The lowest BCUT2D eigenvalue weighted by atomic mass is 9.62. The van der Waals surface area contributed by atoms with Crippen LogP contribution in [0.4, 0.5) is 0 Å². The van der Waals surface area contributed by atoms with E-state index in [0.29, 0.717) is 0 Å². The van der Waals surface area contributed by atoms with Gasteiger partial charge in [-0.15, -0.1) is 0 Å². The Bertz CT molecular complexity index is 497. The highest BCUT2D eigenvalue weighted by Gasteiger charge is 2.37. The third-order valence-electron chi connectivity index (χ3n) is 6.74. The van der Waals surface area contributed by atoms with Gasteiger partial charge < -0.3 is 0 Å². The largest absolute Gasteiger partial charge is 0.0622 e. The molecular formula is C20H32. The Morgan fingerprint density at radius 1 is 0.750 bits per heavy atom. The lowest BCUT2D eigenvalue weighted by molar-refractivity contribution is 0.112. The second-order valence-electron chi connectivity index (χ2n) is 7.55. The number of benzene rings is 1. The molecule has 5 unspecified atom stereocenters. The molecule has 0 amide bonds. The monoisotopic (exact) mass is 272 g/mol. The Labute approximate surface area is 126 Å². The molecule has 0 aromatic heterocycles. The van der Waals surface area contributed by atoms with Gasteiger partial charge in [-0.05, 0) is 91.5 Å². The van der Waals surface area contributed by atoms with Crippen LogP contribution in [-0.4, -0.2) is 0 Å². The molecule has 1 aliphatic carbocycles. The van der Waals surface area contributed by atoms with Crippen LogP contribution in [0.2, 0.25) is 0 Å². The summed E-state index contributed by atoms with van der Waals surface area (Å²) < 4.78 is 0. The maximum absolute atomic E-state index is 2.48. The molecule has 0 nitrogen and oxygen atoms in total. The van der Waals surface area contributed by atoms with Crippen LogP contribution in [0.15, 0.2) is 6.07 Å². The molecule has 1 aromatic carbocycles. The van der Waals surface area contributed by atoms with E-state index >= 15 is 0 Å². The fourth-order valence-electron chi connectivity index (χ4n) is 4.23. The van der Waals surface area contributed by atoms with Gasteiger partial charge in [0.25, 0.3) is 0 Å². The van der Waals surface area contributed by atoms with Crippen molar-refractivity contribution in [2.24, 2.45) is 23.7 Å². The molecule has 0 heteroatoms. The van der Waals surface area contributed by atoms with Crippen LogP contribution in [0.3, 0.4) is 0 Å². The molecule has 1 saturated carbocycles. The second kappa shape index (κ2) is 5.54. The molecule has 2 rings (SSSR count). The number of hydrogen-bond acceptors (Lipinski definition) is 0. The average molecular weight is 272 g/mol. The summed E-state index contributed by atoms with van der Waals surface area (Å²) in [4.78, 5) is 0. The Hall–Kier alpha value is -0.780. The summed E-state index contributed by atoms with van der Waals surface area (Å²) in [5, 5.41) is 0. The Kier molecular flexibility index (Phi) is 4.33. The van der Waals surface area contributed by atoms with E-state index in [-0.39, 0.29) is 0 Å². The van der Waals surface area contributed by atoms with Crippen LogP contribution < -0.4 is 0 Å². The molecule has 0 aliphatic heterocycles. The van der Waals surface area contributed by atoms with E-state index in [1.54, 1.807) is 11.1 Å². The van der Waals surface area contributed by atoms with Crippen LogP contribution in [0.5, 0.6) is 0 Å². The van der Waals surface area contributed by atoms with E-state index in [0.717, 1.165) is 29.6 Å². The van der Waals surface area contributed by atoms with Crippen molar-refractivity contribution in [2.45, 2.75) is 67.7 Å². The van der Waals surface area contributed by atoms with Crippen molar-refractivity contribution >= 4 is 0 Å². The van der Waals surface area contributed by atoms with Crippen LogP contribution in [0.25, 0.3) is 0 Å². The molecule has 1 fully saturated rings. The zero-order valence-electron chi connectivity index (χ0n) is 14.7. The van der Waals surface area contributed by atoms with Gasteiger partial charge in [0.15, 0.2) is 0 Å². The quantitative estimate of drug-likeness (QED) is 0.592. The fourth-order valence-corrected chi connectivity index (χ4v) is 4.23. The van der Waals surface area contributed by atoms with Crippen LogP contribution in [-0.2, 0) is 0 Å². The molecule has 0 saturated heterocycles. The van der Waals surface area contributed by atoms with Crippen LogP contribution in [0, 0.1) is 51.4 Å². The topological polar surface area (TPSA) is 0 Å². The lowest BCUT2D eigenvalue weighted by Gasteiger charge is -2.43. The number of hydrogen-bond donors (Lipinski definition) is 0. The third kappa shape index (κ3) is 2.43. The molecule has 0 spiro atoms. The highest BCUT2D eigenvalue weighted by molar-refractivity contribution is 5.45.